The summed E-state index contributed by atoms with van der Waals surface area (Å²) in [6.45, 7) is 7.06. The van der Waals surface area contributed by atoms with Crippen molar-refractivity contribution in [3.8, 4) is 0 Å². The van der Waals surface area contributed by atoms with E-state index in [-0.39, 0.29) is 18.8 Å². The van der Waals surface area contributed by atoms with Gasteiger partial charge in [0.15, 0.2) is 12.2 Å². The molecule has 0 amide bonds. The summed E-state index contributed by atoms with van der Waals surface area (Å²) in [5, 5.41) is 41.1. The highest BCUT2D eigenvalue weighted by atomic mass is 16.5. The van der Waals surface area contributed by atoms with E-state index in [0.29, 0.717) is 13.2 Å². The van der Waals surface area contributed by atoms with Gasteiger partial charge in [-0.15, -0.1) is 0 Å². The number of ether oxygens (including phenoxy) is 2. The highest BCUT2D eigenvalue weighted by Gasteiger charge is 2.29. The molecule has 0 aliphatic rings. The molecule has 4 unspecified atom stereocenters. The highest BCUT2D eigenvalue weighted by molar-refractivity contribution is 5.83. The number of aliphatic carboxylic acids is 2. The number of hydrogen-bond donors (Lipinski definition) is 5. The van der Waals surface area contributed by atoms with E-state index >= 15 is 0 Å². The van der Waals surface area contributed by atoms with Crippen molar-refractivity contribution < 1.29 is 44.6 Å². The van der Waals surface area contributed by atoms with Gasteiger partial charge in [-0.2, -0.15) is 0 Å². The molecule has 9 nitrogen and oxygen atoms in total. The van der Waals surface area contributed by atoms with Gasteiger partial charge in [0.1, 0.15) is 0 Å². The second-order valence-corrected chi connectivity index (χ2v) is 4.16. The molecular formula is C12H24O9. The van der Waals surface area contributed by atoms with E-state index in [1.54, 1.807) is 0 Å². The first-order valence-electron chi connectivity index (χ1n) is 6.33. The van der Waals surface area contributed by atoms with Gasteiger partial charge in [-0.25, -0.2) is 9.59 Å². The van der Waals surface area contributed by atoms with Crippen molar-refractivity contribution in [3.63, 3.8) is 0 Å². The van der Waals surface area contributed by atoms with Crippen LogP contribution in [0.3, 0.4) is 0 Å². The molecule has 0 fully saturated rings. The van der Waals surface area contributed by atoms with E-state index in [9.17, 15) is 9.59 Å². The summed E-state index contributed by atoms with van der Waals surface area (Å²) < 4.78 is 10.5. The third kappa shape index (κ3) is 12.2. The van der Waals surface area contributed by atoms with Crippen molar-refractivity contribution in [1.82, 2.24) is 0 Å². The van der Waals surface area contributed by atoms with Gasteiger partial charge in [-0.3, -0.25) is 0 Å². The Hall–Kier alpha value is -1.26. The molecule has 0 saturated heterocycles. The first-order chi connectivity index (χ1) is 9.67. The molecule has 0 rings (SSSR count). The standard InChI is InChI=1S/C8H18O3.C4H6O6/c1-4-10-8(3)6-11-7(2)5-9;5-1(3(7)8)2(6)4(9)10/h7-9H,4-6H2,1-3H3;1-2,5-6H,(H,7,8)(H,9,10). The Morgan fingerprint density at radius 1 is 0.952 bits per heavy atom. The van der Waals surface area contributed by atoms with Crippen molar-refractivity contribution in [1.29, 1.82) is 0 Å². The molecule has 0 aliphatic heterocycles. The summed E-state index contributed by atoms with van der Waals surface area (Å²) in [7, 11) is 0. The predicted molar refractivity (Wildman–Crippen MR) is 70.9 cm³/mol. The fourth-order valence-electron chi connectivity index (χ4n) is 0.955. The van der Waals surface area contributed by atoms with E-state index in [1.165, 1.54) is 0 Å². The zero-order valence-corrected chi connectivity index (χ0v) is 12.3. The summed E-state index contributed by atoms with van der Waals surface area (Å²) in [5.74, 6) is -3.54. The molecule has 4 atom stereocenters. The van der Waals surface area contributed by atoms with Crippen LogP contribution in [0.1, 0.15) is 20.8 Å². The lowest BCUT2D eigenvalue weighted by Crippen LogP contribution is -2.39. The van der Waals surface area contributed by atoms with Crippen LogP contribution in [-0.4, -0.2) is 81.7 Å². The number of aliphatic hydroxyl groups is 3. The lowest BCUT2D eigenvalue weighted by Gasteiger charge is -2.14. The number of rotatable bonds is 9. The maximum absolute atomic E-state index is 9.77. The fraction of sp³-hybridized carbons (Fsp3) is 0.833. The lowest BCUT2D eigenvalue weighted by molar-refractivity contribution is -0.165. The van der Waals surface area contributed by atoms with Crippen LogP contribution in [0, 0.1) is 0 Å². The molecule has 0 aromatic carbocycles. The second kappa shape index (κ2) is 12.5. The van der Waals surface area contributed by atoms with E-state index in [0.717, 1.165) is 0 Å². The van der Waals surface area contributed by atoms with Crippen LogP contribution in [0.5, 0.6) is 0 Å². The molecule has 0 heterocycles. The normalized spacial score (nSPS) is 16.1. The van der Waals surface area contributed by atoms with Crippen LogP contribution in [0.4, 0.5) is 0 Å². The summed E-state index contributed by atoms with van der Waals surface area (Å²) in [5.41, 5.74) is 0. The Bertz CT molecular complexity index is 276. The van der Waals surface area contributed by atoms with Gasteiger partial charge in [0.25, 0.3) is 0 Å². The third-order valence-corrected chi connectivity index (χ3v) is 2.13. The molecule has 0 spiro atoms. The summed E-state index contributed by atoms with van der Waals surface area (Å²) >= 11 is 0. The van der Waals surface area contributed by atoms with Gasteiger partial charge < -0.3 is 35.0 Å². The first kappa shape index (κ1) is 22.0. The molecular weight excluding hydrogens is 288 g/mol. The molecule has 0 bridgehead atoms. The van der Waals surface area contributed by atoms with Crippen molar-refractivity contribution >= 4 is 11.9 Å². The maximum Gasteiger partial charge on any atom is 0.335 e. The van der Waals surface area contributed by atoms with E-state index in [4.69, 9.17) is 35.0 Å². The minimum atomic E-state index is -2.27. The minimum Gasteiger partial charge on any atom is -0.479 e. The molecule has 5 N–H and O–H groups in total. The van der Waals surface area contributed by atoms with E-state index < -0.39 is 24.1 Å². The average Bonchev–Trinajstić information content (AvgIpc) is 2.43. The van der Waals surface area contributed by atoms with Crippen LogP contribution in [0.15, 0.2) is 0 Å². The van der Waals surface area contributed by atoms with E-state index in [1.807, 2.05) is 20.8 Å². The Labute approximate surface area is 122 Å². The number of hydrogen-bond acceptors (Lipinski definition) is 7. The van der Waals surface area contributed by atoms with Gasteiger partial charge in [-0.05, 0) is 20.8 Å². The quantitative estimate of drug-likeness (QED) is 0.349. The van der Waals surface area contributed by atoms with Gasteiger partial charge in [0.2, 0.25) is 0 Å². The van der Waals surface area contributed by atoms with Gasteiger partial charge in [0, 0.05) is 6.61 Å². The topological polar surface area (TPSA) is 154 Å². The van der Waals surface area contributed by atoms with Crippen LogP contribution in [0.2, 0.25) is 0 Å². The number of carboxylic acid groups (broad SMARTS) is 2. The predicted octanol–water partition coefficient (Wildman–Crippen LogP) is -1.31. The third-order valence-electron chi connectivity index (χ3n) is 2.13. The van der Waals surface area contributed by atoms with Gasteiger partial charge >= 0.3 is 11.9 Å². The van der Waals surface area contributed by atoms with Crippen molar-refractivity contribution in [3.05, 3.63) is 0 Å². The fourth-order valence-corrected chi connectivity index (χ4v) is 0.955. The Morgan fingerprint density at radius 2 is 1.38 bits per heavy atom. The molecule has 9 heteroatoms. The largest absolute Gasteiger partial charge is 0.479 e. The Balaban J connectivity index is 0. The van der Waals surface area contributed by atoms with Gasteiger partial charge in [0.05, 0.1) is 25.4 Å². The molecule has 0 radical (unpaired) electrons. The minimum absolute atomic E-state index is 0.0683. The highest BCUT2D eigenvalue weighted by Crippen LogP contribution is 1.95. The van der Waals surface area contributed by atoms with Crippen molar-refractivity contribution in [2.24, 2.45) is 0 Å². The van der Waals surface area contributed by atoms with Gasteiger partial charge in [-0.1, -0.05) is 0 Å². The number of aliphatic hydroxyl groups excluding tert-OH is 3. The lowest BCUT2D eigenvalue weighted by atomic mass is 10.2. The second-order valence-electron chi connectivity index (χ2n) is 4.16. The summed E-state index contributed by atoms with van der Waals surface area (Å²) in [6.07, 6.45) is -4.50. The van der Waals surface area contributed by atoms with Crippen molar-refractivity contribution in [2.45, 2.75) is 45.2 Å². The summed E-state index contributed by atoms with van der Waals surface area (Å²) in [4.78, 5) is 19.5. The smallest absolute Gasteiger partial charge is 0.335 e. The van der Waals surface area contributed by atoms with Crippen molar-refractivity contribution in [2.75, 3.05) is 19.8 Å². The molecule has 0 aromatic heterocycles. The van der Waals surface area contributed by atoms with Crippen LogP contribution >= 0.6 is 0 Å². The molecule has 21 heavy (non-hydrogen) atoms. The van der Waals surface area contributed by atoms with Crippen LogP contribution in [-0.2, 0) is 19.1 Å². The SMILES string of the molecule is CCOC(C)COC(C)CO.O=C(O)C(O)C(O)C(=O)O. The zero-order chi connectivity index (χ0) is 17.0. The number of carboxylic acids is 2. The molecule has 0 saturated carbocycles. The van der Waals surface area contributed by atoms with E-state index in [2.05, 4.69) is 0 Å². The first-order valence-corrected chi connectivity index (χ1v) is 6.33. The number of carbonyl (C=O) groups is 2. The van der Waals surface area contributed by atoms with Crippen LogP contribution in [0.25, 0.3) is 0 Å². The monoisotopic (exact) mass is 312 g/mol. The average molecular weight is 312 g/mol. The molecule has 0 aromatic rings. The Kier molecular flexibility index (Phi) is 13.1. The van der Waals surface area contributed by atoms with Crippen LogP contribution < -0.4 is 0 Å². The molecule has 0 aliphatic carbocycles. The molecule has 126 valence electrons. The zero-order valence-electron chi connectivity index (χ0n) is 12.3. The summed E-state index contributed by atoms with van der Waals surface area (Å²) in [6, 6.07) is 0. The maximum atomic E-state index is 9.77. The Morgan fingerprint density at radius 3 is 1.67 bits per heavy atom.